The van der Waals surface area contributed by atoms with E-state index in [0.717, 1.165) is 13.0 Å². The van der Waals surface area contributed by atoms with Crippen LogP contribution < -0.4 is 5.32 Å². The molecule has 1 fully saturated rings. The topological polar surface area (TPSA) is 87.8 Å². The zero-order chi connectivity index (χ0) is 14.9. The lowest BCUT2D eigenvalue weighted by Crippen LogP contribution is -2.40. The normalized spacial score (nSPS) is 34.0. The summed E-state index contributed by atoms with van der Waals surface area (Å²) in [7, 11) is 0. The molecule has 6 nitrogen and oxygen atoms in total. The van der Waals surface area contributed by atoms with Crippen molar-refractivity contribution in [3.8, 4) is 0 Å². The molecule has 0 spiro atoms. The van der Waals surface area contributed by atoms with E-state index >= 15 is 0 Å². The van der Waals surface area contributed by atoms with E-state index in [1.54, 1.807) is 0 Å². The molecule has 2 aliphatic rings. The summed E-state index contributed by atoms with van der Waals surface area (Å²) in [6.07, 6.45) is 2.41. The molecule has 1 heterocycles. The lowest BCUT2D eigenvalue weighted by atomic mass is 9.80. The van der Waals surface area contributed by atoms with Crippen LogP contribution in [0.15, 0.2) is 28.0 Å². The molecule has 0 amide bonds. The van der Waals surface area contributed by atoms with Crippen LogP contribution in [0, 0.1) is 22.0 Å². The molecule has 2 rings (SSSR count). The summed E-state index contributed by atoms with van der Waals surface area (Å²) in [6, 6.07) is -0.0665. The smallest absolute Gasteiger partial charge is 0.291 e. The lowest BCUT2D eigenvalue weighted by Gasteiger charge is -2.31. The summed E-state index contributed by atoms with van der Waals surface area (Å²) < 4.78 is 0. The zero-order valence-electron chi connectivity index (χ0n) is 11.9. The van der Waals surface area contributed by atoms with E-state index in [0.29, 0.717) is 17.9 Å². The number of aliphatic hydroxyl groups is 1. The summed E-state index contributed by atoms with van der Waals surface area (Å²) in [5.41, 5.74) is 0.831. The molecule has 2 N–H and O–H groups in total. The lowest BCUT2D eigenvalue weighted by molar-refractivity contribution is -0.422. The molecule has 0 aromatic heterocycles. The van der Waals surface area contributed by atoms with Gasteiger partial charge in [-0.2, -0.15) is 0 Å². The van der Waals surface area contributed by atoms with Gasteiger partial charge in [0.05, 0.1) is 11.0 Å². The summed E-state index contributed by atoms with van der Waals surface area (Å²) in [4.78, 5) is 14.7. The summed E-state index contributed by atoms with van der Waals surface area (Å²) >= 11 is 0. The fraction of sp³-hybridized carbons (Fsp3) is 0.643. The third-order valence-electron chi connectivity index (χ3n) is 4.31. The second-order valence-electron chi connectivity index (χ2n) is 5.49. The predicted octanol–water partition coefficient (Wildman–Crippen LogP) is 1.50. The zero-order valence-corrected chi connectivity index (χ0v) is 11.9. The van der Waals surface area contributed by atoms with Crippen molar-refractivity contribution in [3.05, 3.63) is 33.2 Å². The SMILES string of the molecule is C=NC1=C(C2NCC[C@H]2C)C(O)C(CC)C=C1[N+](=O)[O-]. The number of hydrogen-bond donors (Lipinski definition) is 2. The molecule has 1 aliphatic carbocycles. The van der Waals surface area contributed by atoms with E-state index in [1.807, 2.05) is 6.92 Å². The first-order valence-electron chi connectivity index (χ1n) is 7.00. The van der Waals surface area contributed by atoms with E-state index in [4.69, 9.17) is 0 Å². The Kier molecular flexibility index (Phi) is 4.35. The van der Waals surface area contributed by atoms with E-state index in [2.05, 4.69) is 24.0 Å². The summed E-state index contributed by atoms with van der Waals surface area (Å²) in [5, 5.41) is 25.1. The first kappa shape index (κ1) is 14.9. The van der Waals surface area contributed by atoms with Gasteiger partial charge < -0.3 is 10.4 Å². The van der Waals surface area contributed by atoms with E-state index < -0.39 is 11.0 Å². The Morgan fingerprint density at radius 2 is 2.35 bits per heavy atom. The number of aliphatic hydroxyl groups excluding tert-OH is 1. The maximum atomic E-state index is 11.2. The van der Waals surface area contributed by atoms with Crippen molar-refractivity contribution >= 4 is 6.72 Å². The Balaban J connectivity index is 2.53. The minimum Gasteiger partial charge on any atom is -0.388 e. The number of rotatable bonds is 4. The molecule has 1 saturated heterocycles. The van der Waals surface area contributed by atoms with Crippen LogP contribution in [-0.4, -0.2) is 35.4 Å². The average Bonchev–Trinajstić information content (AvgIpc) is 2.83. The van der Waals surface area contributed by atoms with Crippen LogP contribution in [-0.2, 0) is 0 Å². The standard InChI is InChI=1S/C14H21N3O3/c1-4-9-7-10(17(19)20)13(15-3)11(14(9)18)12-8(2)5-6-16-12/h7-9,12,14,16,18H,3-6H2,1-2H3/t8-,9?,12?,14?/m1/s1. The highest BCUT2D eigenvalue weighted by Gasteiger charge is 2.41. The predicted molar refractivity (Wildman–Crippen MR) is 77.0 cm³/mol. The van der Waals surface area contributed by atoms with Gasteiger partial charge >= 0.3 is 0 Å². The van der Waals surface area contributed by atoms with Crippen LogP contribution in [0.5, 0.6) is 0 Å². The van der Waals surface area contributed by atoms with Crippen molar-refractivity contribution in [2.45, 2.75) is 38.8 Å². The molecule has 20 heavy (non-hydrogen) atoms. The van der Waals surface area contributed by atoms with Crippen LogP contribution in [0.2, 0.25) is 0 Å². The van der Waals surface area contributed by atoms with Gasteiger partial charge in [0.15, 0.2) is 0 Å². The van der Waals surface area contributed by atoms with Gasteiger partial charge in [0.25, 0.3) is 5.70 Å². The fourth-order valence-corrected chi connectivity index (χ4v) is 3.13. The number of nitrogens with one attached hydrogen (secondary N) is 1. The highest BCUT2D eigenvalue weighted by atomic mass is 16.6. The van der Waals surface area contributed by atoms with Crippen LogP contribution >= 0.6 is 0 Å². The number of hydrogen-bond acceptors (Lipinski definition) is 5. The van der Waals surface area contributed by atoms with Crippen LogP contribution in [0.4, 0.5) is 0 Å². The van der Waals surface area contributed by atoms with Gasteiger partial charge in [-0.25, -0.2) is 0 Å². The third-order valence-corrected chi connectivity index (χ3v) is 4.31. The van der Waals surface area contributed by atoms with E-state index in [-0.39, 0.29) is 23.4 Å². The van der Waals surface area contributed by atoms with Gasteiger partial charge in [-0.15, -0.1) is 0 Å². The number of nitrogens with zero attached hydrogens (tertiary/aromatic N) is 2. The molecule has 0 saturated carbocycles. The Morgan fingerprint density at radius 1 is 1.65 bits per heavy atom. The molecule has 110 valence electrons. The fourth-order valence-electron chi connectivity index (χ4n) is 3.13. The van der Waals surface area contributed by atoms with E-state index in [9.17, 15) is 15.2 Å². The molecule has 0 aromatic rings. The van der Waals surface area contributed by atoms with Gasteiger partial charge in [-0.1, -0.05) is 13.8 Å². The molecule has 0 bridgehead atoms. The first-order valence-corrected chi connectivity index (χ1v) is 7.00. The molecule has 4 atom stereocenters. The Bertz CT molecular complexity index is 484. The molecule has 6 heteroatoms. The average molecular weight is 279 g/mol. The van der Waals surface area contributed by atoms with Crippen LogP contribution in [0.1, 0.15) is 26.7 Å². The minimum atomic E-state index is -0.734. The highest BCUT2D eigenvalue weighted by molar-refractivity contribution is 5.45. The highest BCUT2D eigenvalue weighted by Crippen LogP contribution is 2.37. The van der Waals surface area contributed by atoms with Gasteiger partial charge in [0.1, 0.15) is 5.70 Å². The van der Waals surface area contributed by atoms with Gasteiger partial charge in [0, 0.05) is 23.6 Å². The molecule has 3 unspecified atom stereocenters. The monoisotopic (exact) mass is 279 g/mol. The Hall–Kier alpha value is -1.53. The van der Waals surface area contributed by atoms with Crippen molar-refractivity contribution in [3.63, 3.8) is 0 Å². The van der Waals surface area contributed by atoms with Crippen molar-refractivity contribution in [2.75, 3.05) is 6.54 Å². The number of nitro groups is 1. The van der Waals surface area contributed by atoms with Crippen molar-refractivity contribution in [2.24, 2.45) is 16.8 Å². The van der Waals surface area contributed by atoms with Crippen molar-refractivity contribution in [1.29, 1.82) is 0 Å². The largest absolute Gasteiger partial charge is 0.388 e. The second kappa shape index (κ2) is 5.85. The van der Waals surface area contributed by atoms with Gasteiger partial charge in [-0.05, 0) is 32.0 Å². The van der Waals surface area contributed by atoms with Gasteiger partial charge in [-0.3, -0.25) is 15.1 Å². The van der Waals surface area contributed by atoms with E-state index in [1.165, 1.54) is 6.08 Å². The van der Waals surface area contributed by atoms with Crippen LogP contribution in [0.25, 0.3) is 0 Å². The molecule has 0 radical (unpaired) electrons. The Labute approximate surface area is 118 Å². The molecular weight excluding hydrogens is 258 g/mol. The second-order valence-corrected chi connectivity index (χ2v) is 5.49. The molecule has 1 aliphatic heterocycles. The minimum absolute atomic E-state index is 0.0342. The van der Waals surface area contributed by atoms with Crippen molar-refractivity contribution in [1.82, 2.24) is 5.32 Å². The first-order chi connectivity index (χ1) is 9.51. The number of aliphatic imine (C=N–C) groups is 1. The molecular formula is C14H21N3O3. The third kappa shape index (κ3) is 2.41. The van der Waals surface area contributed by atoms with Crippen LogP contribution in [0.3, 0.4) is 0 Å². The maximum Gasteiger partial charge on any atom is 0.291 e. The summed E-state index contributed by atoms with van der Waals surface area (Å²) in [6.45, 7) is 8.30. The quantitative estimate of drug-likeness (QED) is 0.464. The summed E-state index contributed by atoms with van der Waals surface area (Å²) in [5.74, 6) is 0.0745. The maximum absolute atomic E-state index is 11.2. The Morgan fingerprint density at radius 3 is 2.80 bits per heavy atom. The van der Waals surface area contributed by atoms with Gasteiger partial charge in [0.2, 0.25) is 0 Å². The van der Waals surface area contributed by atoms with Crippen molar-refractivity contribution < 1.29 is 10.0 Å². The molecule has 0 aromatic carbocycles.